The number of anilines is 3. The zero-order valence-corrected chi connectivity index (χ0v) is 26.3. The first kappa shape index (κ1) is 26.9. The van der Waals surface area contributed by atoms with Crippen molar-refractivity contribution in [1.29, 1.82) is 0 Å². The van der Waals surface area contributed by atoms with Crippen LogP contribution in [-0.2, 0) is 10.8 Å². The fraction of sp³-hybridized carbons (Fsp3) is 0.200. The molecule has 8 rings (SSSR count). The van der Waals surface area contributed by atoms with Gasteiger partial charge in [-0.15, -0.1) is 0 Å². The lowest BCUT2D eigenvalue weighted by molar-refractivity contribution is 0.585. The molecule has 0 radical (unpaired) electrons. The van der Waals surface area contributed by atoms with Gasteiger partial charge in [0.05, 0.1) is 5.52 Å². The van der Waals surface area contributed by atoms with Crippen LogP contribution in [0.25, 0.3) is 27.7 Å². The second-order valence-electron chi connectivity index (χ2n) is 14.3. The van der Waals surface area contributed by atoms with Gasteiger partial charge in [0.2, 0.25) is 0 Å². The molecule has 2 aliphatic heterocycles. The summed E-state index contributed by atoms with van der Waals surface area (Å²) in [6.45, 7) is 13.4. The number of rotatable bonds is 2. The molecular weight excluding hydrogens is 535 g/mol. The van der Waals surface area contributed by atoms with Crippen LogP contribution in [0.5, 0.6) is 5.75 Å². The van der Waals surface area contributed by atoms with Crippen LogP contribution in [0.2, 0.25) is 0 Å². The van der Waals surface area contributed by atoms with Gasteiger partial charge in [0.1, 0.15) is 5.75 Å². The van der Waals surface area contributed by atoms with Gasteiger partial charge in [0.15, 0.2) is 0 Å². The number of hydrogen-bond acceptors (Lipinski definition) is 2. The van der Waals surface area contributed by atoms with Crippen LogP contribution in [0.4, 0.5) is 17.1 Å². The van der Waals surface area contributed by atoms with Gasteiger partial charge in [0, 0.05) is 50.9 Å². The molecule has 0 aliphatic carbocycles. The van der Waals surface area contributed by atoms with Crippen LogP contribution in [0.15, 0.2) is 115 Å². The molecule has 3 nitrogen and oxygen atoms in total. The van der Waals surface area contributed by atoms with E-state index in [1.807, 2.05) is 0 Å². The van der Waals surface area contributed by atoms with Crippen molar-refractivity contribution in [2.45, 2.75) is 52.4 Å². The second kappa shape index (κ2) is 9.40. The molecule has 0 unspecified atom stereocenters. The van der Waals surface area contributed by atoms with Gasteiger partial charge in [-0.3, -0.25) is 0 Å². The highest BCUT2D eigenvalue weighted by Crippen LogP contribution is 2.47. The van der Waals surface area contributed by atoms with Gasteiger partial charge >= 0.3 is 6.92 Å². The summed E-state index contributed by atoms with van der Waals surface area (Å²) in [5.41, 5.74) is 13.4. The highest BCUT2D eigenvalue weighted by molar-refractivity contribution is 6.86. The van der Waals surface area contributed by atoms with Crippen LogP contribution in [0.3, 0.4) is 0 Å². The van der Waals surface area contributed by atoms with E-state index in [1.54, 1.807) is 0 Å². The highest BCUT2D eigenvalue weighted by atomic mass is 16.4. The maximum atomic E-state index is 7.02. The van der Waals surface area contributed by atoms with Gasteiger partial charge < -0.3 is 14.1 Å². The van der Waals surface area contributed by atoms with Crippen LogP contribution < -0.4 is 20.5 Å². The summed E-state index contributed by atoms with van der Waals surface area (Å²) in [5, 5.41) is 1.21. The van der Waals surface area contributed by atoms with E-state index in [9.17, 15) is 0 Å². The summed E-state index contributed by atoms with van der Waals surface area (Å²) < 4.78 is 9.36. The molecule has 0 saturated carbocycles. The van der Waals surface area contributed by atoms with Gasteiger partial charge in [-0.25, -0.2) is 0 Å². The van der Waals surface area contributed by atoms with Crippen molar-refractivity contribution in [3.05, 3.63) is 127 Å². The van der Waals surface area contributed by atoms with E-state index in [2.05, 4.69) is 166 Å². The lowest BCUT2D eigenvalue weighted by Crippen LogP contribution is -2.56. The molecule has 0 spiro atoms. The molecule has 4 heteroatoms. The number of aromatic nitrogens is 1. The molecule has 0 bridgehead atoms. The van der Waals surface area contributed by atoms with Crippen LogP contribution in [0, 0.1) is 0 Å². The Hall–Kier alpha value is -4.70. The molecule has 3 heterocycles. The minimum Gasteiger partial charge on any atom is -0.551 e. The van der Waals surface area contributed by atoms with E-state index >= 15 is 0 Å². The van der Waals surface area contributed by atoms with Crippen LogP contribution in [-0.4, -0.2) is 11.5 Å². The summed E-state index contributed by atoms with van der Waals surface area (Å²) in [7, 11) is 0. The minimum absolute atomic E-state index is 0.00978. The number of hydrogen-bond donors (Lipinski definition) is 0. The van der Waals surface area contributed by atoms with E-state index in [0.717, 1.165) is 22.7 Å². The largest absolute Gasteiger partial charge is 0.551 e. The fourth-order valence-corrected chi connectivity index (χ4v) is 6.97. The van der Waals surface area contributed by atoms with Crippen LogP contribution in [0.1, 0.15) is 52.7 Å². The topological polar surface area (TPSA) is 17.4 Å². The van der Waals surface area contributed by atoms with E-state index < -0.39 is 0 Å². The average molecular weight is 573 g/mol. The molecular formula is C40H37BN2O. The van der Waals surface area contributed by atoms with Gasteiger partial charge in [-0.1, -0.05) is 102 Å². The number of nitrogens with zero attached hydrogens (tertiary/aromatic N) is 2. The normalized spacial score (nSPS) is 13.8. The Morgan fingerprint density at radius 3 is 2.02 bits per heavy atom. The Kier molecular flexibility index (Phi) is 5.75. The first-order chi connectivity index (χ1) is 21.1. The van der Waals surface area contributed by atoms with E-state index in [4.69, 9.17) is 4.65 Å². The Morgan fingerprint density at radius 1 is 0.614 bits per heavy atom. The van der Waals surface area contributed by atoms with Crippen molar-refractivity contribution in [2.75, 3.05) is 4.90 Å². The number of fused-ring (bicyclic) bond motifs is 6. The zero-order valence-electron chi connectivity index (χ0n) is 26.3. The Bertz CT molecular complexity index is 2060. The van der Waals surface area contributed by atoms with E-state index in [0.29, 0.717) is 0 Å². The Morgan fingerprint density at radius 2 is 1.30 bits per heavy atom. The summed E-state index contributed by atoms with van der Waals surface area (Å²) in [5.74, 6) is 0.930. The highest BCUT2D eigenvalue weighted by Gasteiger charge is 2.44. The average Bonchev–Trinajstić information content (AvgIpc) is 3.44. The number of benzene rings is 5. The summed E-state index contributed by atoms with van der Waals surface area (Å²) in [6, 6.07) is 40.0. The standard InChI is InChI=1S/C40H37BN2O/c1-39(2,3)27-16-19-30(20-17-27)43-33-21-18-28(40(4,5)6)25-32(33)41-37-34(43)24-26-22-23-42(29-12-8-7-9-13-29)38(26)36(37)31-14-10-11-15-35(31)44-41/h7-25H,1-6H3. The molecule has 216 valence electrons. The maximum Gasteiger partial charge on any atom is 0.431 e. The molecule has 0 amide bonds. The molecule has 44 heavy (non-hydrogen) atoms. The molecule has 6 aromatic rings. The van der Waals surface area contributed by atoms with Crippen molar-refractivity contribution in [3.8, 4) is 22.6 Å². The summed E-state index contributed by atoms with van der Waals surface area (Å²) in [6.07, 6.45) is 2.21. The molecule has 0 fully saturated rings. The molecule has 0 saturated heterocycles. The smallest absolute Gasteiger partial charge is 0.431 e. The zero-order chi connectivity index (χ0) is 30.4. The molecule has 0 N–H and O–H groups in total. The molecule has 0 atom stereocenters. The monoisotopic (exact) mass is 572 g/mol. The predicted molar refractivity (Wildman–Crippen MR) is 186 cm³/mol. The predicted octanol–water partition coefficient (Wildman–Crippen LogP) is 9.17. The van der Waals surface area contributed by atoms with E-state index in [1.165, 1.54) is 49.9 Å². The van der Waals surface area contributed by atoms with Gasteiger partial charge in [-0.2, -0.15) is 0 Å². The fourth-order valence-electron chi connectivity index (χ4n) is 6.97. The third-order valence-corrected chi connectivity index (χ3v) is 9.34. The van der Waals surface area contributed by atoms with Gasteiger partial charge in [0.25, 0.3) is 0 Å². The Labute approximate surface area is 260 Å². The third kappa shape index (κ3) is 4.04. The maximum absolute atomic E-state index is 7.02. The first-order valence-corrected chi connectivity index (χ1v) is 15.6. The summed E-state index contributed by atoms with van der Waals surface area (Å²) >= 11 is 0. The molecule has 1 aromatic heterocycles. The number of para-hydroxylation sites is 2. The Balaban J connectivity index is 1.48. The van der Waals surface area contributed by atoms with Crippen molar-refractivity contribution < 1.29 is 4.65 Å². The SMILES string of the molecule is CC(C)(C)c1ccc(N2c3ccc(C(C)(C)C)cc3B3Oc4ccccc4-c4c3c2cc2ccn(-c3ccccc3)c42)cc1. The van der Waals surface area contributed by atoms with E-state index in [-0.39, 0.29) is 17.7 Å². The van der Waals surface area contributed by atoms with Crippen molar-refractivity contribution in [1.82, 2.24) is 4.57 Å². The third-order valence-electron chi connectivity index (χ3n) is 9.34. The summed E-state index contributed by atoms with van der Waals surface area (Å²) in [4.78, 5) is 2.46. The lowest BCUT2D eigenvalue weighted by Gasteiger charge is -2.40. The molecule has 5 aromatic carbocycles. The quantitative estimate of drug-likeness (QED) is 0.193. The van der Waals surface area contributed by atoms with Crippen molar-refractivity contribution in [2.24, 2.45) is 0 Å². The minimum atomic E-state index is -0.221. The first-order valence-electron chi connectivity index (χ1n) is 15.6. The van der Waals surface area contributed by atoms with Gasteiger partial charge in [-0.05, 0) is 76.0 Å². The second-order valence-corrected chi connectivity index (χ2v) is 14.3. The molecule has 2 aliphatic rings. The van der Waals surface area contributed by atoms with Crippen molar-refractivity contribution >= 4 is 45.8 Å². The van der Waals surface area contributed by atoms with Crippen LogP contribution >= 0.6 is 0 Å². The van der Waals surface area contributed by atoms with Crippen molar-refractivity contribution in [3.63, 3.8) is 0 Å². The lowest BCUT2D eigenvalue weighted by atomic mass is 9.49.